The van der Waals surface area contributed by atoms with Gasteiger partial charge < -0.3 is 15.4 Å². The third-order valence-corrected chi connectivity index (χ3v) is 3.58. The van der Waals surface area contributed by atoms with Gasteiger partial charge >= 0.3 is 11.8 Å². The molecule has 1 atom stereocenters. The molecule has 0 saturated heterocycles. The summed E-state index contributed by atoms with van der Waals surface area (Å²) in [5, 5.41) is 5.24. The van der Waals surface area contributed by atoms with E-state index in [2.05, 4.69) is 10.6 Å². The third-order valence-electron chi connectivity index (χ3n) is 3.58. The van der Waals surface area contributed by atoms with E-state index in [1.165, 1.54) is 0 Å². The van der Waals surface area contributed by atoms with Gasteiger partial charge in [-0.05, 0) is 30.5 Å². The highest BCUT2D eigenvalue weighted by Gasteiger charge is 2.16. The molecular formula is C19H22N2O3. The van der Waals surface area contributed by atoms with E-state index in [1.807, 2.05) is 50.2 Å². The Morgan fingerprint density at radius 3 is 2.38 bits per heavy atom. The Balaban J connectivity index is 1.90. The summed E-state index contributed by atoms with van der Waals surface area (Å²) in [6, 6.07) is 16.9. The van der Waals surface area contributed by atoms with E-state index >= 15 is 0 Å². The summed E-state index contributed by atoms with van der Waals surface area (Å²) in [6.07, 6.45) is 0. The molecule has 0 saturated carbocycles. The average molecular weight is 326 g/mol. The Morgan fingerprint density at radius 2 is 1.67 bits per heavy atom. The highest BCUT2D eigenvalue weighted by atomic mass is 16.5. The van der Waals surface area contributed by atoms with Crippen LogP contribution in [0.2, 0.25) is 0 Å². The number of nitrogens with one attached hydrogen (secondary N) is 2. The quantitative estimate of drug-likeness (QED) is 0.802. The molecule has 1 unspecified atom stereocenters. The van der Waals surface area contributed by atoms with Gasteiger partial charge in [-0.15, -0.1) is 0 Å². The SMILES string of the molecule is CCOc1ccccc1NC(=O)C(=O)NCC(C)c1ccccc1. The number of rotatable bonds is 6. The number of carbonyl (C=O) groups excluding carboxylic acids is 2. The van der Waals surface area contributed by atoms with Gasteiger partial charge in [-0.25, -0.2) is 0 Å². The minimum atomic E-state index is -0.706. The second-order valence-corrected chi connectivity index (χ2v) is 5.41. The Bertz CT molecular complexity index is 686. The lowest BCUT2D eigenvalue weighted by molar-refractivity contribution is -0.136. The van der Waals surface area contributed by atoms with Crippen molar-refractivity contribution in [2.75, 3.05) is 18.5 Å². The van der Waals surface area contributed by atoms with Crippen LogP contribution in [-0.2, 0) is 9.59 Å². The van der Waals surface area contributed by atoms with Crippen molar-refractivity contribution in [3.63, 3.8) is 0 Å². The topological polar surface area (TPSA) is 67.4 Å². The molecule has 0 heterocycles. The fraction of sp³-hybridized carbons (Fsp3) is 0.263. The Hall–Kier alpha value is -2.82. The molecule has 0 bridgehead atoms. The zero-order valence-electron chi connectivity index (χ0n) is 13.9. The largest absolute Gasteiger partial charge is 0.492 e. The summed E-state index contributed by atoms with van der Waals surface area (Å²) in [5.41, 5.74) is 1.59. The summed E-state index contributed by atoms with van der Waals surface area (Å²) in [4.78, 5) is 24.0. The lowest BCUT2D eigenvalue weighted by atomic mass is 10.0. The lowest BCUT2D eigenvalue weighted by Crippen LogP contribution is -2.37. The highest BCUT2D eigenvalue weighted by Crippen LogP contribution is 2.23. The molecule has 2 rings (SSSR count). The lowest BCUT2D eigenvalue weighted by Gasteiger charge is -2.14. The smallest absolute Gasteiger partial charge is 0.313 e. The molecule has 0 radical (unpaired) electrons. The minimum absolute atomic E-state index is 0.124. The van der Waals surface area contributed by atoms with E-state index in [9.17, 15) is 9.59 Å². The molecule has 0 aromatic heterocycles. The van der Waals surface area contributed by atoms with Crippen LogP contribution >= 0.6 is 0 Å². The van der Waals surface area contributed by atoms with Crippen LogP contribution < -0.4 is 15.4 Å². The fourth-order valence-electron chi connectivity index (χ4n) is 2.26. The number of anilines is 1. The van der Waals surface area contributed by atoms with Crippen LogP contribution in [0.3, 0.4) is 0 Å². The monoisotopic (exact) mass is 326 g/mol. The van der Waals surface area contributed by atoms with Crippen molar-refractivity contribution in [1.82, 2.24) is 5.32 Å². The van der Waals surface area contributed by atoms with Crippen molar-refractivity contribution in [2.24, 2.45) is 0 Å². The van der Waals surface area contributed by atoms with Gasteiger partial charge in [0.15, 0.2) is 0 Å². The van der Waals surface area contributed by atoms with Crippen molar-refractivity contribution >= 4 is 17.5 Å². The number of hydrogen-bond acceptors (Lipinski definition) is 3. The second-order valence-electron chi connectivity index (χ2n) is 5.41. The van der Waals surface area contributed by atoms with Crippen molar-refractivity contribution in [2.45, 2.75) is 19.8 Å². The molecule has 5 heteroatoms. The summed E-state index contributed by atoms with van der Waals surface area (Å²) in [6.45, 7) is 4.73. The third kappa shape index (κ3) is 4.84. The Labute approximate surface area is 142 Å². The fourth-order valence-corrected chi connectivity index (χ4v) is 2.26. The predicted octanol–water partition coefficient (Wildman–Crippen LogP) is 2.94. The molecule has 0 aliphatic rings. The number of benzene rings is 2. The van der Waals surface area contributed by atoms with Gasteiger partial charge in [0.1, 0.15) is 5.75 Å². The summed E-state index contributed by atoms with van der Waals surface area (Å²) in [7, 11) is 0. The molecule has 24 heavy (non-hydrogen) atoms. The van der Waals surface area contributed by atoms with Crippen molar-refractivity contribution < 1.29 is 14.3 Å². The summed E-state index contributed by atoms with van der Waals surface area (Å²) < 4.78 is 5.43. The van der Waals surface area contributed by atoms with Crippen LogP contribution in [0.4, 0.5) is 5.69 Å². The standard InChI is InChI=1S/C19H22N2O3/c1-3-24-17-12-8-7-11-16(17)21-19(23)18(22)20-13-14(2)15-9-5-4-6-10-15/h4-12,14H,3,13H2,1-2H3,(H,20,22)(H,21,23). The van der Waals surface area contributed by atoms with Gasteiger partial charge in [-0.1, -0.05) is 49.4 Å². The van der Waals surface area contributed by atoms with Crippen LogP contribution in [0.1, 0.15) is 25.3 Å². The molecule has 0 spiro atoms. The zero-order valence-corrected chi connectivity index (χ0v) is 13.9. The first-order valence-corrected chi connectivity index (χ1v) is 7.97. The van der Waals surface area contributed by atoms with Crippen molar-refractivity contribution in [3.8, 4) is 5.75 Å². The number of ether oxygens (including phenoxy) is 1. The Morgan fingerprint density at radius 1 is 1.00 bits per heavy atom. The van der Waals surface area contributed by atoms with E-state index < -0.39 is 11.8 Å². The zero-order chi connectivity index (χ0) is 17.4. The number of carbonyl (C=O) groups is 2. The van der Waals surface area contributed by atoms with E-state index in [0.29, 0.717) is 24.6 Å². The van der Waals surface area contributed by atoms with Crippen LogP contribution in [0.25, 0.3) is 0 Å². The summed E-state index contributed by atoms with van der Waals surface area (Å²) >= 11 is 0. The highest BCUT2D eigenvalue weighted by molar-refractivity contribution is 6.39. The first-order valence-electron chi connectivity index (χ1n) is 7.97. The first kappa shape index (κ1) is 17.5. The van der Waals surface area contributed by atoms with Gasteiger partial charge in [-0.2, -0.15) is 0 Å². The van der Waals surface area contributed by atoms with Gasteiger partial charge in [0.2, 0.25) is 0 Å². The molecule has 0 aliphatic carbocycles. The molecule has 5 nitrogen and oxygen atoms in total. The normalized spacial score (nSPS) is 11.4. The number of para-hydroxylation sites is 2. The molecular weight excluding hydrogens is 304 g/mol. The first-order chi connectivity index (χ1) is 11.6. The Kier molecular flexibility index (Phi) is 6.37. The summed E-state index contributed by atoms with van der Waals surface area (Å²) in [5.74, 6) is -0.705. The van der Waals surface area contributed by atoms with Crippen molar-refractivity contribution in [3.05, 3.63) is 60.2 Å². The van der Waals surface area contributed by atoms with Gasteiger partial charge in [-0.3, -0.25) is 9.59 Å². The van der Waals surface area contributed by atoms with Crippen LogP contribution in [0.5, 0.6) is 5.75 Å². The molecule has 2 aromatic rings. The number of amides is 2. The van der Waals surface area contributed by atoms with E-state index in [0.717, 1.165) is 5.56 Å². The van der Waals surface area contributed by atoms with Gasteiger partial charge in [0.05, 0.1) is 12.3 Å². The maximum atomic E-state index is 12.0. The average Bonchev–Trinajstić information content (AvgIpc) is 2.62. The predicted molar refractivity (Wildman–Crippen MR) is 94.1 cm³/mol. The van der Waals surface area contributed by atoms with E-state index in [4.69, 9.17) is 4.74 Å². The number of hydrogen-bond donors (Lipinski definition) is 2. The second kappa shape index (κ2) is 8.72. The van der Waals surface area contributed by atoms with Gasteiger partial charge in [0.25, 0.3) is 0 Å². The van der Waals surface area contributed by atoms with Crippen molar-refractivity contribution in [1.29, 1.82) is 0 Å². The maximum Gasteiger partial charge on any atom is 0.313 e. The minimum Gasteiger partial charge on any atom is -0.492 e. The van der Waals surface area contributed by atoms with Gasteiger partial charge in [0, 0.05) is 6.54 Å². The molecule has 2 N–H and O–H groups in total. The van der Waals surface area contributed by atoms with E-state index in [1.54, 1.807) is 18.2 Å². The molecule has 0 aliphatic heterocycles. The maximum absolute atomic E-state index is 12.0. The van der Waals surface area contributed by atoms with Crippen LogP contribution in [0, 0.1) is 0 Å². The molecule has 2 amide bonds. The van der Waals surface area contributed by atoms with Crippen LogP contribution in [0.15, 0.2) is 54.6 Å². The molecule has 2 aromatic carbocycles. The molecule has 0 fully saturated rings. The van der Waals surface area contributed by atoms with Crippen LogP contribution in [-0.4, -0.2) is 25.0 Å². The van der Waals surface area contributed by atoms with E-state index in [-0.39, 0.29) is 5.92 Å². The molecule has 126 valence electrons.